The van der Waals surface area contributed by atoms with Crippen molar-refractivity contribution in [2.24, 2.45) is 10.7 Å². The summed E-state index contributed by atoms with van der Waals surface area (Å²) in [4.78, 5) is 4.06. The van der Waals surface area contributed by atoms with Crippen molar-refractivity contribution in [3.63, 3.8) is 0 Å². The summed E-state index contributed by atoms with van der Waals surface area (Å²) < 4.78 is 0.225. The van der Waals surface area contributed by atoms with Crippen molar-refractivity contribution in [2.75, 3.05) is 6.54 Å². The normalized spacial score (nSPS) is 25.9. The van der Waals surface area contributed by atoms with Gasteiger partial charge in [0.25, 0.3) is 0 Å². The molecule has 0 saturated heterocycles. The molecule has 1 aliphatic heterocycles. The smallest absolute Gasteiger partial charge is 0.188 e. The van der Waals surface area contributed by atoms with Crippen molar-refractivity contribution >= 4 is 28.6 Å². The number of rotatable bonds is 1. The summed E-state index contributed by atoms with van der Waals surface area (Å²) >= 11 is 2.40. The van der Waals surface area contributed by atoms with E-state index in [1.807, 2.05) is 0 Å². The molecule has 0 amide bonds. The van der Waals surface area contributed by atoms with Crippen LogP contribution in [-0.2, 0) is 0 Å². The molecular weight excluding hydrogens is 241 g/mol. The molecule has 1 unspecified atom stereocenters. The van der Waals surface area contributed by atoms with Crippen LogP contribution in [0.3, 0.4) is 0 Å². The first kappa shape index (κ1) is 8.10. The summed E-state index contributed by atoms with van der Waals surface area (Å²) in [7, 11) is 0. The maximum absolute atomic E-state index is 5.46. The molecule has 0 bridgehead atoms. The largest absolute Gasteiger partial charge is 0.370 e. The average Bonchev–Trinajstić information content (AvgIpc) is 2.11. The third-order valence-corrected chi connectivity index (χ3v) is 2.35. The number of alkyl halides is 1. The van der Waals surface area contributed by atoms with Crippen LogP contribution >= 0.6 is 22.6 Å². The molecule has 0 aromatic rings. The number of hydrogen-bond acceptors (Lipinski definition) is 3. The minimum absolute atomic E-state index is 0.225. The lowest BCUT2D eigenvalue weighted by molar-refractivity contribution is 0.548. The zero-order valence-corrected chi connectivity index (χ0v) is 8.34. The van der Waals surface area contributed by atoms with Gasteiger partial charge in [0.15, 0.2) is 5.96 Å². The minimum atomic E-state index is 0.225. The van der Waals surface area contributed by atoms with Crippen LogP contribution in [0.2, 0.25) is 0 Å². The van der Waals surface area contributed by atoms with E-state index in [9.17, 15) is 0 Å². The zero-order chi connectivity index (χ0) is 7.78. The van der Waals surface area contributed by atoms with Crippen LogP contribution in [0.5, 0.6) is 0 Å². The van der Waals surface area contributed by atoms with E-state index < -0.39 is 0 Å². The first-order chi connectivity index (χ1) is 4.50. The highest BCUT2D eigenvalue weighted by Gasteiger charge is 2.29. The molecule has 0 fully saturated rings. The fourth-order valence-electron chi connectivity index (χ4n) is 0.848. The molecule has 10 heavy (non-hydrogen) atoms. The van der Waals surface area contributed by atoms with Gasteiger partial charge in [-0.15, -0.1) is 0 Å². The van der Waals surface area contributed by atoms with E-state index in [-0.39, 0.29) is 3.42 Å². The SMILES string of the molecule is CC(C)(I)C1CN=C(N)N1. The predicted octanol–water partition coefficient (Wildman–Crippen LogP) is 0.487. The number of nitrogens with two attached hydrogens (primary N) is 1. The van der Waals surface area contributed by atoms with Gasteiger partial charge in [-0.1, -0.05) is 22.6 Å². The Morgan fingerprint density at radius 2 is 2.40 bits per heavy atom. The summed E-state index contributed by atoms with van der Waals surface area (Å²) in [5.74, 6) is 0.578. The average molecular weight is 253 g/mol. The van der Waals surface area contributed by atoms with Crippen LogP contribution in [0, 0.1) is 0 Å². The lowest BCUT2D eigenvalue weighted by Gasteiger charge is -2.24. The van der Waals surface area contributed by atoms with Crippen LogP contribution < -0.4 is 11.1 Å². The molecule has 1 heterocycles. The number of guanidine groups is 1. The molecule has 3 nitrogen and oxygen atoms in total. The number of nitrogens with zero attached hydrogens (tertiary/aromatic N) is 1. The molecule has 0 aromatic carbocycles. The monoisotopic (exact) mass is 253 g/mol. The van der Waals surface area contributed by atoms with Gasteiger partial charge in [-0.2, -0.15) is 0 Å². The number of nitrogens with one attached hydrogen (secondary N) is 1. The quantitative estimate of drug-likeness (QED) is 0.527. The van der Waals surface area contributed by atoms with Crippen molar-refractivity contribution in [2.45, 2.75) is 23.3 Å². The second-order valence-corrected chi connectivity index (χ2v) is 5.77. The Bertz CT molecular complexity index is 159. The van der Waals surface area contributed by atoms with E-state index >= 15 is 0 Å². The van der Waals surface area contributed by atoms with Crippen LogP contribution in [-0.4, -0.2) is 22.0 Å². The molecule has 58 valence electrons. The fraction of sp³-hybridized carbons (Fsp3) is 0.833. The van der Waals surface area contributed by atoms with E-state index in [1.165, 1.54) is 0 Å². The molecule has 3 N–H and O–H groups in total. The maximum atomic E-state index is 5.46. The predicted molar refractivity (Wildman–Crippen MR) is 51.5 cm³/mol. The molecule has 0 saturated carbocycles. The second kappa shape index (κ2) is 2.56. The Kier molecular flexibility index (Phi) is 2.07. The third kappa shape index (κ3) is 1.74. The second-order valence-electron chi connectivity index (χ2n) is 2.99. The summed E-state index contributed by atoms with van der Waals surface area (Å²) in [6, 6.07) is 0.396. The van der Waals surface area contributed by atoms with Crippen LogP contribution in [0.25, 0.3) is 0 Å². The standard InChI is InChI=1S/C6H12IN3/c1-6(2,7)4-3-9-5(8)10-4/h4H,3H2,1-2H3,(H3,8,9,10). The first-order valence-electron chi connectivity index (χ1n) is 3.25. The Hall–Kier alpha value is 0. The zero-order valence-electron chi connectivity index (χ0n) is 6.19. The maximum Gasteiger partial charge on any atom is 0.188 e. The topological polar surface area (TPSA) is 50.4 Å². The Morgan fingerprint density at radius 3 is 2.60 bits per heavy atom. The van der Waals surface area contributed by atoms with Gasteiger partial charge in [0.1, 0.15) is 0 Å². The van der Waals surface area contributed by atoms with Crippen molar-refractivity contribution in [1.82, 2.24) is 5.32 Å². The first-order valence-corrected chi connectivity index (χ1v) is 4.33. The molecule has 1 rings (SSSR count). The molecule has 1 atom stereocenters. The van der Waals surface area contributed by atoms with E-state index in [0.717, 1.165) is 6.54 Å². The lowest BCUT2D eigenvalue weighted by Crippen LogP contribution is -2.45. The minimum Gasteiger partial charge on any atom is -0.370 e. The van der Waals surface area contributed by atoms with E-state index in [4.69, 9.17) is 5.73 Å². The van der Waals surface area contributed by atoms with Crippen LogP contribution in [0.1, 0.15) is 13.8 Å². The van der Waals surface area contributed by atoms with E-state index in [0.29, 0.717) is 12.0 Å². The summed E-state index contributed by atoms with van der Waals surface area (Å²) in [6.07, 6.45) is 0. The van der Waals surface area contributed by atoms with E-state index in [1.54, 1.807) is 0 Å². The van der Waals surface area contributed by atoms with Gasteiger partial charge < -0.3 is 11.1 Å². The van der Waals surface area contributed by atoms with Gasteiger partial charge in [-0.05, 0) is 13.8 Å². The van der Waals surface area contributed by atoms with Crippen molar-refractivity contribution in [1.29, 1.82) is 0 Å². The van der Waals surface area contributed by atoms with Crippen molar-refractivity contribution in [3.8, 4) is 0 Å². The number of hydrogen-bond donors (Lipinski definition) is 2. The Morgan fingerprint density at radius 1 is 1.80 bits per heavy atom. The highest BCUT2D eigenvalue weighted by atomic mass is 127. The number of halogens is 1. The molecule has 0 aromatic heterocycles. The van der Waals surface area contributed by atoms with E-state index in [2.05, 4.69) is 46.7 Å². The highest BCUT2D eigenvalue weighted by molar-refractivity contribution is 14.1. The van der Waals surface area contributed by atoms with Gasteiger partial charge in [0, 0.05) is 3.42 Å². The summed E-state index contributed by atoms with van der Waals surface area (Å²) in [5, 5.41) is 3.11. The molecule has 4 heteroatoms. The van der Waals surface area contributed by atoms with Crippen LogP contribution in [0.4, 0.5) is 0 Å². The van der Waals surface area contributed by atoms with Crippen molar-refractivity contribution in [3.05, 3.63) is 0 Å². The van der Waals surface area contributed by atoms with Gasteiger partial charge in [-0.25, -0.2) is 0 Å². The summed E-state index contributed by atoms with van der Waals surface area (Å²) in [6.45, 7) is 5.14. The molecular formula is C6H12IN3. The third-order valence-electron chi connectivity index (χ3n) is 1.59. The van der Waals surface area contributed by atoms with Crippen molar-refractivity contribution < 1.29 is 0 Å². The summed E-state index contributed by atoms with van der Waals surface area (Å²) in [5.41, 5.74) is 5.46. The Balaban J connectivity index is 2.50. The molecule has 1 aliphatic rings. The van der Waals surface area contributed by atoms with Gasteiger partial charge >= 0.3 is 0 Å². The molecule has 0 radical (unpaired) electrons. The highest BCUT2D eigenvalue weighted by Crippen LogP contribution is 2.23. The van der Waals surface area contributed by atoms with Gasteiger partial charge in [0.05, 0.1) is 12.6 Å². The van der Waals surface area contributed by atoms with Gasteiger partial charge in [0.2, 0.25) is 0 Å². The molecule has 0 spiro atoms. The fourth-order valence-corrected chi connectivity index (χ4v) is 1.20. The van der Waals surface area contributed by atoms with Crippen LogP contribution in [0.15, 0.2) is 4.99 Å². The Labute approximate surface area is 74.6 Å². The number of aliphatic imine (C=N–C) groups is 1. The van der Waals surface area contributed by atoms with Gasteiger partial charge in [-0.3, -0.25) is 4.99 Å². The lowest BCUT2D eigenvalue weighted by atomic mass is 10.1. The molecule has 0 aliphatic carbocycles.